The highest BCUT2D eigenvalue weighted by atomic mass is 16.5. The summed E-state index contributed by atoms with van der Waals surface area (Å²) in [7, 11) is 0. The Hall–Kier alpha value is -2.17. The Labute approximate surface area is 234 Å². The summed E-state index contributed by atoms with van der Waals surface area (Å²) in [6.45, 7) is 3.53. The third kappa shape index (κ3) is 3.13. The molecule has 1 aromatic heterocycles. The van der Waals surface area contributed by atoms with E-state index in [1.165, 1.54) is 0 Å². The van der Waals surface area contributed by atoms with Gasteiger partial charge in [0, 0.05) is 48.7 Å². The van der Waals surface area contributed by atoms with E-state index in [0.717, 1.165) is 34.8 Å². The Bertz CT molecular complexity index is 1440. The van der Waals surface area contributed by atoms with E-state index in [2.05, 4.69) is 36.2 Å². The number of likely N-dealkylation sites (tertiary alicyclic amines) is 1. The van der Waals surface area contributed by atoms with Crippen molar-refractivity contribution in [2.24, 2.45) is 17.1 Å². The quantitative estimate of drug-likeness (QED) is 0.386. The summed E-state index contributed by atoms with van der Waals surface area (Å²) < 4.78 is 7.17. The fourth-order valence-corrected chi connectivity index (χ4v) is 9.87. The van der Waals surface area contributed by atoms with Crippen LogP contribution in [0.2, 0.25) is 0 Å². The second-order valence-electron chi connectivity index (χ2n) is 13.6. The molecule has 3 aliphatic carbocycles. The number of aliphatic hydroxyl groups is 4. The molecule has 0 amide bonds. The average molecular weight is 546 g/mol. The molecule has 2 spiro atoms. The van der Waals surface area contributed by atoms with Crippen LogP contribution < -0.4 is 5.73 Å². The van der Waals surface area contributed by atoms with E-state index >= 15 is 0 Å². The van der Waals surface area contributed by atoms with Crippen molar-refractivity contribution in [1.82, 2.24) is 9.88 Å². The largest absolute Gasteiger partial charge is 0.392 e. The van der Waals surface area contributed by atoms with Crippen molar-refractivity contribution in [3.8, 4) is 0 Å². The standard InChI is InChI=1S/C32H39N3O5/c1-30-7-4-20-13-22-27(37)28(38)26(35-11-6-21(33)16-35)29(39)32(22)9-8-31(20,40-32)24(30)14-23(36)25(30)18-3-2-17-5-10-34-15-19(17)12-18/h2-5,10,12-13,15,21,23-29,36-39H,6-9,11,14,16,33H2,1H3/t21-,23-,24-,25?,26-,27?,28?,29?,30+,31?,32+/m1/s1. The minimum absolute atomic E-state index is 0.00966. The van der Waals surface area contributed by atoms with Crippen LogP contribution in [-0.2, 0) is 4.74 Å². The first-order valence-electron chi connectivity index (χ1n) is 14.9. The molecule has 2 saturated heterocycles. The zero-order valence-corrected chi connectivity index (χ0v) is 22.9. The van der Waals surface area contributed by atoms with E-state index < -0.39 is 41.7 Å². The Morgan fingerprint density at radius 2 is 1.90 bits per heavy atom. The number of nitrogens with two attached hydrogens (primary N) is 1. The second-order valence-corrected chi connectivity index (χ2v) is 13.6. The fourth-order valence-electron chi connectivity index (χ4n) is 9.87. The van der Waals surface area contributed by atoms with Crippen molar-refractivity contribution in [1.29, 1.82) is 0 Å². The molecule has 2 saturated carbocycles. The van der Waals surface area contributed by atoms with E-state index in [4.69, 9.17) is 10.5 Å². The molecule has 11 atom stereocenters. The van der Waals surface area contributed by atoms with Gasteiger partial charge in [0.15, 0.2) is 0 Å². The van der Waals surface area contributed by atoms with Gasteiger partial charge in [-0.05, 0) is 71.7 Å². The maximum Gasteiger partial charge on any atom is 0.121 e. The number of fused-ring (bicyclic) bond motifs is 2. The molecular weight excluding hydrogens is 506 g/mol. The Kier molecular flexibility index (Phi) is 5.39. The average Bonchev–Trinajstić information content (AvgIpc) is 3.60. The van der Waals surface area contributed by atoms with Crippen LogP contribution in [0.15, 0.2) is 60.0 Å². The zero-order valence-electron chi connectivity index (χ0n) is 22.9. The van der Waals surface area contributed by atoms with Crippen molar-refractivity contribution in [3.05, 3.63) is 65.5 Å². The summed E-state index contributed by atoms with van der Waals surface area (Å²) in [5.41, 5.74) is 6.94. The lowest BCUT2D eigenvalue weighted by Crippen LogP contribution is -2.70. The Balaban J connectivity index is 1.20. The molecule has 8 nitrogen and oxygen atoms in total. The molecule has 2 bridgehead atoms. The number of nitrogens with zero attached hydrogens (tertiary/aromatic N) is 2. The van der Waals surface area contributed by atoms with Gasteiger partial charge in [-0.25, -0.2) is 0 Å². The molecular formula is C32H39N3O5. The summed E-state index contributed by atoms with van der Waals surface area (Å²) in [4.78, 5) is 6.34. The summed E-state index contributed by atoms with van der Waals surface area (Å²) in [5, 5.41) is 48.4. The first-order chi connectivity index (χ1) is 19.2. The predicted molar refractivity (Wildman–Crippen MR) is 149 cm³/mol. The molecule has 3 aliphatic heterocycles. The van der Waals surface area contributed by atoms with Crippen LogP contribution in [0.25, 0.3) is 10.8 Å². The number of allylic oxidation sites excluding steroid dienone is 1. The van der Waals surface area contributed by atoms with Gasteiger partial charge < -0.3 is 30.9 Å². The lowest BCUT2D eigenvalue weighted by Gasteiger charge is -2.57. The molecule has 8 heteroatoms. The SMILES string of the molecule is C[C@]12CC=C3C=C4C(O)C(O)[C@@H](N5CC[C@@H](N)C5)C(O)[C@]45CCC3(O5)[C@@H]1C[C@@H](O)C2c1ccc2ccncc2c1. The van der Waals surface area contributed by atoms with Gasteiger partial charge in [-0.15, -0.1) is 0 Å². The topological polar surface area (TPSA) is 132 Å². The minimum atomic E-state index is -1.12. The fraction of sp³-hybridized carbons (Fsp3) is 0.594. The molecule has 1 aromatic carbocycles. The lowest BCUT2D eigenvalue weighted by molar-refractivity contribution is -0.215. The van der Waals surface area contributed by atoms with Crippen LogP contribution in [0, 0.1) is 11.3 Å². The van der Waals surface area contributed by atoms with Crippen LogP contribution in [0.4, 0.5) is 0 Å². The normalized spacial score (nSPS) is 48.0. The van der Waals surface area contributed by atoms with Gasteiger partial charge in [0.1, 0.15) is 23.9 Å². The van der Waals surface area contributed by atoms with Crippen LogP contribution in [0.5, 0.6) is 0 Å². The Morgan fingerprint density at radius 1 is 1.07 bits per heavy atom. The molecule has 40 heavy (non-hydrogen) atoms. The van der Waals surface area contributed by atoms with Crippen molar-refractivity contribution in [2.75, 3.05) is 13.1 Å². The van der Waals surface area contributed by atoms with Crippen molar-refractivity contribution < 1.29 is 25.2 Å². The first-order valence-corrected chi connectivity index (χ1v) is 14.9. The summed E-state index contributed by atoms with van der Waals surface area (Å²) in [6, 6.07) is 7.78. The van der Waals surface area contributed by atoms with Gasteiger partial charge >= 0.3 is 0 Å². The number of ether oxygens (including phenoxy) is 1. The second kappa shape index (κ2) is 8.44. The minimum Gasteiger partial charge on any atom is -0.392 e. The third-order valence-electron chi connectivity index (χ3n) is 11.7. The molecule has 0 radical (unpaired) electrons. The van der Waals surface area contributed by atoms with E-state index in [1.54, 1.807) is 6.20 Å². The van der Waals surface area contributed by atoms with Crippen molar-refractivity contribution >= 4 is 10.8 Å². The number of benzene rings is 1. The van der Waals surface area contributed by atoms with Gasteiger partial charge in [0.2, 0.25) is 0 Å². The molecule has 6 aliphatic rings. The highest BCUT2D eigenvalue weighted by Gasteiger charge is 2.72. The smallest absolute Gasteiger partial charge is 0.121 e. The van der Waals surface area contributed by atoms with Gasteiger partial charge in [-0.1, -0.05) is 31.2 Å². The summed E-state index contributed by atoms with van der Waals surface area (Å²) >= 11 is 0. The van der Waals surface area contributed by atoms with Crippen LogP contribution in [0.3, 0.4) is 0 Å². The number of aromatic nitrogens is 1. The lowest BCUT2D eigenvalue weighted by atomic mass is 9.58. The number of rotatable bonds is 2. The molecule has 6 N–H and O–H groups in total. The number of hydrogen-bond donors (Lipinski definition) is 5. The van der Waals surface area contributed by atoms with Crippen molar-refractivity contribution in [2.45, 2.75) is 92.6 Å². The molecule has 212 valence electrons. The molecule has 5 unspecified atom stereocenters. The summed E-state index contributed by atoms with van der Waals surface area (Å²) in [5.74, 6) is -0.0287. The van der Waals surface area contributed by atoms with Crippen LogP contribution in [0.1, 0.15) is 50.5 Å². The maximum atomic E-state index is 12.0. The molecule has 4 heterocycles. The van der Waals surface area contributed by atoms with E-state index in [1.807, 2.05) is 23.2 Å². The third-order valence-corrected chi connectivity index (χ3v) is 11.7. The first kappa shape index (κ1) is 25.5. The van der Waals surface area contributed by atoms with Gasteiger partial charge in [0.25, 0.3) is 0 Å². The molecule has 4 fully saturated rings. The predicted octanol–water partition coefficient (Wildman–Crippen LogP) is 1.76. The maximum absolute atomic E-state index is 12.0. The van der Waals surface area contributed by atoms with Gasteiger partial charge in [-0.3, -0.25) is 9.88 Å². The molecule has 8 rings (SSSR count). The van der Waals surface area contributed by atoms with Crippen molar-refractivity contribution in [3.63, 3.8) is 0 Å². The number of pyridine rings is 1. The monoisotopic (exact) mass is 545 g/mol. The highest BCUT2D eigenvalue weighted by Crippen LogP contribution is 2.69. The van der Waals surface area contributed by atoms with E-state index in [0.29, 0.717) is 37.9 Å². The molecule has 2 aromatic rings. The van der Waals surface area contributed by atoms with E-state index in [-0.39, 0.29) is 23.3 Å². The van der Waals surface area contributed by atoms with Crippen LogP contribution >= 0.6 is 0 Å². The Morgan fingerprint density at radius 3 is 2.70 bits per heavy atom. The summed E-state index contributed by atoms with van der Waals surface area (Å²) in [6.07, 6.45) is 7.59. The highest BCUT2D eigenvalue weighted by molar-refractivity contribution is 5.82. The van der Waals surface area contributed by atoms with Gasteiger partial charge in [-0.2, -0.15) is 0 Å². The number of hydrogen-bond acceptors (Lipinski definition) is 8. The zero-order chi connectivity index (χ0) is 27.6. The van der Waals surface area contributed by atoms with Crippen LogP contribution in [-0.4, -0.2) is 91.1 Å². The van der Waals surface area contributed by atoms with E-state index in [9.17, 15) is 20.4 Å². The van der Waals surface area contributed by atoms with Gasteiger partial charge in [0.05, 0.1) is 17.7 Å². The number of aliphatic hydroxyl groups excluding tert-OH is 4.